The van der Waals surface area contributed by atoms with Crippen LogP contribution in [0.5, 0.6) is 0 Å². The monoisotopic (exact) mass is 834 g/mol. The largest absolute Gasteiger partial charge is 0.134 e. The van der Waals surface area contributed by atoms with Crippen LogP contribution in [0.1, 0.15) is 25.0 Å². The van der Waals surface area contributed by atoms with Crippen LogP contribution in [0.25, 0.3) is 128 Å². The van der Waals surface area contributed by atoms with E-state index in [0.717, 1.165) is 0 Å². The van der Waals surface area contributed by atoms with E-state index in [2.05, 4.69) is 208 Å². The molecule has 11 aromatic carbocycles. The van der Waals surface area contributed by atoms with Crippen molar-refractivity contribution < 1.29 is 0 Å². The van der Waals surface area contributed by atoms with E-state index < -0.39 is 0 Å². The highest BCUT2D eigenvalue weighted by molar-refractivity contribution is 7.29. The van der Waals surface area contributed by atoms with Crippen LogP contribution < -0.4 is 0 Å². The Kier molecular flexibility index (Phi) is 7.31. The van der Waals surface area contributed by atoms with Crippen molar-refractivity contribution in [3.8, 4) is 44.5 Å². The maximum atomic E-state index is 2.52. The second-order valence-corrected chi connectivity index (χ2v) is 20.0. The minimum absolute atomic E-state index is 0.177. The average molecular weight is 835 g/mol. The van der Waals surface area contributed by atoms with Crippen molar-refractivity contribution in [3.05, 3.63) is 205 Å². The molecular weight excluding hydrogens is 797 g/mol. The fourth-order valence-corrected chi connectivity index (χ4v) is 14.0. The van der Waals surface area contributed by atoms with Crippen LogP contribution in [0, 0.1) is 0 Å². The molecule has 63 heavy (non-hydrogen) atoms. The molecule has 0 bridgehead atoms. The van der Waals surface area contributed by atoms with Crippen LogP contribution in [0.15, 0.2) is 194 Å². The highest BCUT2D eigenvalue weighted by Gasteiger charge is 2.36. The van der Waals surface area contributed by atoms with E-state index in [-0.39, 0.29) is 5.41 Å². The molecule has 0 N–H and O–H groups in total. The van der Waals surface area contributed by atoms with Crippen molar-refractivity contribution in [1.29, 1.82) is 0 Å². The van der Waals surface area contributed by atoms with Crippen molar-refractivity contribution in [2.45, 2.75) is 19.3 Å². The van der Waals surface area contributed by atoms with E-state index in [0.29, 0.717) is 0 Å². The predicted octanol–water partition coefficient (Wildman–Crippen LogP) is 18.3. The molecule has 0 unspecified atom stereocenters. The van der Waals surface area contributed by atoms with Crippen molar-refractivity contribution in [1.82, 2.24) is 0 Å². The van der Waals surface area contributed by atoms with Crippen molar-refractivity contribution >= 4 is 106 Å². The number of thiophene rings is 2. The summed E-state index contributed by atoms with van der Waals surface area (Å²) in [4.78, 5) is 0. The third kappa shape index (κ3) is 4.91. The highest BCUT2D eigenvalue weighted by atomic mass is 32.1. The zero-order valence-electron chi connectivity index (χ0n) is 34.8. The molecule has 0 saturated heterocycles. The van der Waals surface area contributed by atoms with E-state index >= 15 is 0 Å². The van der Waals surface area contributed by atoms with Crippen LogP contribution in [0.3, 0.4) is 0 Å². The molecule has 2 aromatic heterocycles. The van der Waals surface area contributed by atoms with Gasteiger partial charge in [-0.05, 0) is 117 Å². The van der Waals surface area contributed by atoms with Gasteiger partial charge in [-0.15, -0.1) is 22.7 Å². The fraction of sp³-hybridized carbons (Fsp3) is 0.0492. The Morgan fingerprint density at radius 2 is 0.873 bits per heavy atom. The van der Waals surface area contributed by atoms with Gasteiger partial charge >= 0.3 is 0 Å². The molecule has 2 heterocycles. The van der Waals surface area contributed by atoms with Gasteiger partial charge in [0.2, 0.25) is 0 Å². The first-order chi connectivity index (χ1) is 31.0. The lowest BCUT2D eigenvalue weighted by Crippen LogP contribution is -2.15. The molecule has 294 valence electrons. The first-order valence-electron chi connectivity index (χ1n) is 21.9. The Hall–Kier alpha value is -7.10. The van der Waals surface area contributed by atoms with E-state index in [9.17, 15) is 0 Å². The lowest BCUT2D eigenvalue weighted by Gasteiger charge is -2.23. The Labute approximate surface area is 372 Å². The standard InChI is InChI=1S/C61H38S2/c1-61(2)52-31-28-37(56-59-50(42-19-11-12-25-54(42)62-59)34-51-48-30-26-36-15-4-6-18-40(36)58(48)63-60(51)56)32-49(52)41-29-27-38(33-53(41)61)55-44-20-7-9-22-46(44)57(47-23-10-8-21-45(47)55)43-24-13-16-35-14-3-5-17-39(35)43/h3-34H,1-2H3. The first-order valence-corrected chi connectivity index (χ1v) is 23.5. The Morgan fingerprint density at radius 3 is 1.63 bits per heavy atom. The minimum Gasteiger partial charge on any atom is -0.134 e. The highest BCUT2D eigenvalue weighted by Crippen LogP contribution is 2.55. The van der Waals surface area contributed by atoms with Gasteiger partial charge in [0.15, 0.2) is 0 Å². The molecule has 0 fully saturated rings. The normalized spacial score (nSPS) is 13.4. The predicted molar refractivity (Wildman–Crippen MR) is 276 cm³/mol. The number of hydrogen-bond acceptors (Lipinski definition) is 2. The van der Waals surface area contributed by atoms with Crippen molar-refractivity contribution in [2.24, 2.45) is 0 Å². The van der Waals surface area contributed by atoms with E-state index in [1.165, 1.54) is 139 Å². The summed E-state index contributed by atoms with van der Waals surface area (Å²) in [6, 6.07) is 73.3. The Bertz CT molecular complexity index is 4060. The maximum Gasteiger partial charge on any atom is 0.0448 e. The van der Waals surface area contributed by atoms with E-state index in [1.807, 2.05) is 22.7 Å². The average Bonchev–Trinajstić information content (AvgIpc) is 3.97. The number of benzene rings is 11. The quantitative estimate of drug-likeness (QED) is 0.156. The van der Waals surface area contributed by atoms with Crippen molar-refractivity contribution in [3.63, 3.8) is 0 Å². The van der Waals surface area contributed by atoms with Gasteiger partial charge in [-0.2, -0.15) is 0 Å². The van der Waals surface area contributed by atoms with Crippen LogP contribution in [0.2, 0.25) is 0 Å². The Balaban J connectivity index is 0.991. The minimum atomic E-state index is -0.177. The van der Waals surface area contributed by atoms with Gasteiger partial charge in [0.1, 0.15) is 0 Å². The summed E-state index contributed by atoms with van der Waals surface area (Å²) in [6.45, 7) is 4.84. The van der Waals surface area contributed by atoms with E-state index in [1.54, 1.807) is 0 Å². The van der Waals surface area contributed by atoms with Crippen LogP contribution in [-0.4, -0.2) is 0 Å². The van der Waals surface area contributed by atoms with Gasteiger partial charge in [0.05, 0.1) is 0 Å². The summed E-state index contributed by atoms with van der Waals surface area (Å²) in [5.74, 6) is 0. The molecule has 0 amide bonds. The molecule has 14 rings (SSSR count). The molecule has 2 heteroatoms. The summed E-state index contributed by atoms with van der Waals surface area (Å²) in [6.07, 6.45) is 0. The van der Waals surface area contributed by atoms with Gasteiger partial charge in [-0.25, -0.2) is 0 Å². The Morgan fingerprint density at radius 1 is 0.302 bits per heavy atom. The van der Waals surface area contributed by atoms with Gasteiger partial charge < -0.3 is 0 Å². The lowest BCUT2D eigenvalue weighted by molar-refractivity contribution is 0.660. The topological polar surface area (TPSA) is 0 Å². The van der Waals surface area contributed by atoms with Gasteiger partial charge in [-0.1, -0.05) is 184 Å². The zero-order valence-corrected chi connectivity index (χ0v) is 36.4. The van der Waals surface area contributed by atoms with Gasteiger partial charge in [0, 0.05) is 51.3 Å². The maximum absolute atomic E-state index is 2.52. The van der Waals surface area contributed by atoms with Crippen molar-refractivity contribution in [2.75, 3.05) is 0 Å². The molecule has 1 aliphatic carbocycles. The molecule has 1 aliphatic rings. The van der Waals surface area contributed by atoms with Gasteiger partial charge in [0.25, 0.3) is 0 Å². The molecule has 0 nitrogen and oxygen atoms in total. The molecule has 13 aromatic rings. The summed E-state index contributed by atoms with van der Waals surface area (Å²) < 4.78 is 5.46. The summed E-state index contributed by atoms with van der Waals surface area (Å²) in [5, 5.41) is 15.7. The molecular formula is C61H38S2. The number of fused-ring (bicyclic) bond motifs is 14. The number of rotatable bonds is 3. The smallest absolute Gasteiger partial charge is 0.0448 e. The first kappa shape index (κ1) is 35.5. The molecule has 0 radical (unpaired) electrons. The zero-order chi connectivity index (χ0) is 41.6. The second-order valence-electron chi connectivity index (χ2n) is 17.9. The lowest BCUT2D eigenvalue weighted by atomic mass is 9.80. The summed E-state index contributed by atoms with van der Waals surface area (Å²) >= 11 is 3.90. The SMILES string of the molecule is CC1(C)c2ccc(-c3c4sc5ccccc5c4cc4c3sc3c5ccccc5ccc43)cc2-c2ccc(-c3c4ccccc4c(-c4cccc5ccccc45)c4ccccc34)cc21. The van der Waals surface area contributed by atoms with Crippen LogP contribution in [0.4, 0.5) is 0 Å². The second kappa shape index (κ2) is 13.0. The van der Waals surface area contributed by atoms with Gasteiger partial charge in [-0.3, -0.25) is 0 Å². The molecule has 0 saturated carbocycles. The molecule has 0 aliphatic heterocycles. The third-order valence-corrected chi connectivity index (χ3v) is 16.7. The summed E-state index contributed by atoms with van der Waals surface area (Å²) in [7, 11) is 0. The van der Waals surface area contributed by atoms with E-state index in [4.69, 9.17) is 0 Å². The molecule has 0 spiro atoms. The number of hydrogen-bond donors (Lipinski definition) is 0. The fourth-order valence-electron chi connectivity index (χ4n) is 11.3. The summed E-state index contributed by atoms with van der Waals surface area (Å²) in [5.41, 5.74) is 13.1. The van der Waals surface area contributed by atoms with Crippen LogP contribution >= 0.6 is 22.7 Å². The molecule has 0 atom stereocenters. The van der Waals surface area contributed by atoms with Crippen LogP contribution in [-0.2, 0) is 5.41 Å². The third-order valence-electron chi connectivity index (χ3n) is 14.2.